The molecule has 0 saturated carbocycles. The minimum Gasteiger partial charge on any atom is -0.491 e. The molecular weight excluding hydrogens is 426 g/mol. The molecule has 2 amide bonds. The Kier molecular flexibility index (Phi) is 8.87. The van der Waals surface area contributed by atoms with Gasteiger partial charge in [0.2, 0.25) is 11.8 Å². The standard InChI is InChI=1S/C28H43N3O3/c1-29-22-23-34-25-12-5-4-11-24(25)10-3-2-6-14-28(27(29)33)15-20-31(21-16-28)26(32)13-9-19-30-17-7-8-18-30/h4-5,11-12H,2-3,6-10,13-23H2,1H3. The second-order valence-electron chi connectivity index (χ2n) is 10.6. The van der Waals surface area contributed by atoms with Gasteiger partial charge >= 0.3 is 0 Å². The van der Waals surface area contributed by atoms with Gasteiger partial charge < -0.3 is 19.4 Å². The van der Waals surface area contributed by atoms with Gasteiger partial charge in [-0.2, -0.15) is 0 Å². The first-order valence-electron chi connectivity index (χ1n) is 13.5. The quantitative estimate of drug-likeness (QED) is 0.666. The van der Waals surface area contributed by atoms with Crippen LogP contribution >= 0.6 is 0 Å². The van der Waals surface area contributed by atoms with Crippen LogP contribution in [0.3, 0.4) is 0 Å². The number of amides is 2. The van der Waals surface area contributed by atoms with Crippen molar-refractivity contribution in [1.82, 2.24) is 14.7 Å². The summed E-state index contributed by atoms with van der Waals surface area (Å²) in [4.78, 5) is 32.8. The topological polar surface area (TPSA) is 53.1 Å². The summed E-state index contributed by atoms with van der Waals surface area (Å²) in [6, 6.07) is 8.29. The van der Waals surface area contributed by atoms with Crippen LogP contribution in [0.5, 0.6) is 5.75 Å². The van der Waals surface area contributed by atoms with E-state index in [1.165, 1.54) is 31.5 Å². The molecule has 0 aliphatic carbocycles. The SMILES string of the molecule is CN1CCOc2ccccc2CCCCCC2(CCN(C(=O)CCCN3CCCC3)CC2)C1=O. The number of likely N-dealkylation sites (tertiary alicyclic amines) is 2. The maximum Gasteiger partial charge on any atom is 0.228 e. The summed E-state index contributed by atoms with van der Waals surface area (Å²) in [6.07, 6.45) is 11.0. The second-order valence-corrected chi connectivity index (χ2v) is 10.6. The highest BCUT2D eigenvalue weighted by atomic mass is 16.5. The predicted molar refractivity (Wildman–Crippen MR) is 135 cm³/mol. The third-order valence-corrected chi connectivity index (χ3v) is 8.20. The van der Waals surface area contributed by atoms with Gasteiger partial charge in [-0.05, 0) is 82.6 Å². The molecule has 0 unspecified atom stereocenters. The van der Waals surface area contributed by atoms with E-state index in [1.54, 1.807) is 0 Å². The molecule has 188 valence electrons. The Morgan fingerprint density at radius 3 is 2.50 bits per heavy atom. The fraction of sp³-hybridized carbons (Fsp3) is 0.714. The van der Waals surface area contributed by atoms with E-state index in [-0.39, 0.29) is 17.2 Å². The number of piperidine rings is 1. The molecule has 3 heterocycles. The van der Waals surface area contributed by atoms with Crippen LogP contribution in [-0.2, 0) is 16.0 Å². The van der Waals surface area contributed by atoms with Gasteiger partial charge in [0.1, 0.15) is 12.4 Å². The van der Waals surface area contributed by atoms with Crippen molar-refractivity contribution in [2.45, 2.75) is 70.6 Å². The predicted octanol–water partition coefficient (Wildman–Crippen LogP) is 4.13. The minimum absolute atomic E-state index is 0.241. The van der Waals surface area contributed by atoms with Gasteiger partial charge in [0, 0.05) is 26.6 Å². The van der Waals surface area contributed by atoms with Crippen molar-refractivity contribution < 1.29 is 14.3 Å². The number of carbonyl (C=O) groups excluding carboxylic acids is 2. The van der Waals surface area contributed by atoms with Crippen molar-refractivity contribution in [3.8, 4) is 5.75 Å². The van der Waals surface area contributed by atoms with E-state index in [4.69, 9.17) is 4.74 Å². The first kappa shape index (κ1) is 25.0. The van der Waals surface area contributed by atoms with Crippen molar-refractivity contribution in [3.05, 3.63) is 29.8 Å². The summed E-state index contributed by atoms with van der Waals surface area (Å²) in [5.41, 5.74) is 0.934. The molecule has 0 bridgehead atoms. The normalized spacial score (nSPS) is 22.4. The van der Waals surface area contributed by atoms with Crippen LogP contribution < -0.4 is 4.74 Å². The Labute approximate surface area is 205 Å². The van der Waals surface area contributed by atoms with Gasteiger partial charge in [0.25, 0.3) is 0 Å². The highest BCUT2D eigenvalue weighted by molar-refractivity contribution is 5.83. The number of rotatable bonds is 4. The van der Waals surface area contributed by atoms with E-state index >= 15 is 0 Å². The largest absolute Gasteiger partial charge is 0.491 e. The van der Waals surface area contributed by atoms with Crippen molar-refractivity contribution in [3.63, 3.8) is 0 Å². The number of likely N-dealkylation sites (N-methyl/N-ethyl adjacent to an activating group) is 1. The lowest BCUT2D eigenvalue weighted by Gasteiger charge is -2.42. The van der Waals surface area contributed by atoms with Gasteiger partial charge in [-0.25, -0.2) is 0 Å². The number of hydrogen-bond donors (Lipinski definition) is 0. The Morgan fingerprint density at radius 2 is 1.71 bits per heavy atom. The molecule has 3 aliphatic heterocycles. The first-order chi connectivity index (χ1) is 16.6. The maximum atomic E-state index is 13.6. The molecule has 4 rings (SSSR count). The Morgan fingerprint density at radius 1 is 0.941 bits per heavy atom. The number of ether oxygens (including phenoxy) is 1. The lowest BCUT2D eigenvalue weighted by molar-refractivity contribution is -0.148. The number of fused-ring (bicyclic) bond motifs is 1. The van der Waals surface area contributed by atoms with Crippen LogP contribution in [0.1, 0.15) is 69.8 Å². The zero-order chi connectivity index (χ0) is 23.8. The van der Waals surface area contributed by atoms with Gasteiger partial charge in [-0.3, -0.25) is 9.59 Å². The van der Waals surface area contributed by atoms with Crippen LogP contribution in [0.2, 0.25) is 0 Å². The fourth-order valence-corrected chi connectivity index (χ4v) is 5.98. The monoisotopic (exact) mass is 469 g/mol. The van der Waals surface area contributed by atoms with E-state index in [1.807, 2.05) is 29.0 Å². The molecule has 6 heteroatoms. The van der Waals surface area contributed by atoms with Crippen molar-refractivity contribution >= 4 is 11.8 Å². The average molecular weight is 470 g/mol. The molecule has 6 nitrogen and oxygen atoms in total. The highest BCUT2D eigenvalue weighted by Gasteiger charge is 2.43. The highest BCUT2D eigenvalue weighted by Crippen LogP contribution is 2.39. The number of aryl methyl sites for hydroxylation is 1. The number of benzene rings is 1. The van der Waals surface area contributed by atoms with Crippen molar-refractivity contribution in [2.24, 2.45) is 5.41 Å². The number of nitrogens with zero attached hydrogens (tertiary/aromatic N) is 3. The van der Waals surface area contributed by atoms with E-state index in [0.717, 1.165) is 63.7 Å². The van der Waals surface area contributed by atoms with Crippen LogP contribution in [0, 0.1) is 5.41 Å². The molecule has 34 heavy (non-hydrogen) atoms. The number of hydrogen-bond acceptors (Lipinski definition) is 4. The molecule has 1 aromatic carbocycles. The minimum atomic E-state index is -0.331. The van der Waals surface area contributed by atoms with Crippen molar-refractivity contribution in [1.29, 1.82) is 0 Å². The molecular formula is C28H43N3O3. The molecule has 1 aromatic rings. The molecule has 3 aliphatic rings. The number of para-hydroxylation sites is 1. The third-order valence-electron chi connectivity index (χ3n) is 8.20. The zero-order valence-corrected chi connectivity index (χ0v) is 21.1. The van der Waals surface area contributed by atoms with E-state index < -0.39 is 0 Å². The van der Waals surface area contributed by atoms with E-state index in [9.17, 15) is 9.59 Å². The first-order valence-corrected chi connectivity index (χ1v) is 13.5. The summed E-state index contributed by atoms with van der Waals surface area (Å²) in [5.74, 6) is 1.46. The Hall–Kier alpha value is -2.08. The summed E-state index contributed by atoms with van der Waals surface area (Å²) >= 11 is 0. The second kappa shape index (κ2) is 12.1. The van der Waals surface area contributed by atoms with Crippen LogP contribution in [0.15, 0.2) is 24.3 Å². The molecule has 1 spiro atoms. The Bertz CT molecular complexity index is 813. The lowest BCUT2D eigenvalue weighted by Crippen LogP contribution is -2.51. The van der Waals surface area contributed by atoms with Gasteiger partial charge in [-0.15, -0.1) is 0 Å². The zero-order valence-electron chi connectivity index (χ0n) is 21.1. The van der Waals surface area contributed by atoms with Crippen LogP contribution in [-0.4, -0.2) is 79.4 Å². The van der Waals surface area contributed by atoms with Gasteiger partial charge in [-0.1, -0.05) is 31.0 Å². The summed E-state index contributed by atoms with van der Waals surface area (Å²) in [5, 5.41) is 0. The Balaban J connectivity index is 1.32. The van der Waals surface area contributed by atoms with Gasteiger partial charge in [0.05, 0.1) is 12.0 Å². The van der Waals surface area contributed by atoms with Gasteiger partial charge in [0.15, 0.2) is 0 Å². The van der Waals surface area contributed by atoms with Crippen LogP contribution in [0.4, 0.5) is 0 Å². The third kappa shape index (κ3) is 6.32. The molecule has 0 aromatic heterocycles. The summed E-state index contributed by atoms with van der Waals surface area (Å²) in [6.45, 7) is 5.94. The molecule has 0 atom stereocenters. The maximum absolute atomic E-state index is 13.6. The lowest BCUT2D eigenvalue weighted by atomic mass is 9.73. The summed E-state index contributed by atoms with van der Waals surface area (Å²) < 4.78 is 6.07. The molecule has 2 saturated heterocycles. The average Bonchev–Trinajstić information content (AvgIpc) is 3.37. The fourth-order valence-electron chi connectivity index (χ4n) is 5.98. The van der Waals surface area contributed by atoms with E-state index in [0.29, 0.717) is 32.7 Å². The van der Waals surface area contributed by atoms with Crippen molar-refractivity contribution in [2.75, 3.05) is 52.9 Å². The van der Waals surface area contributed by atoms with E-state index in [2.05, 4.69) is 17.0 Å². The molecule has 0 N–H and O–H groups in total. The molecule has 2 fully saturated rings. The summed E-state index contributed by atoms with van der Waals surface area (Å²) in [7, 11) is 1.91. The smallest absolute Gasteiger partial charge is 0.228 e. The van der Waals surface area contributed by atoms with Crippen LogP contribution in [0.25, 0.3) is 0 Å². The molecule has 0 radical (unpaired) electrons. The number of carbonyl (C=O) groups is 2.